The molecule has 1 saturated heterocycles. The molecule has 1 unspecified atom stereocenters. The number of aryl methyl sites for hydroxylation is 2. The Balaban J connectivity index is 1.63. The summed E-state index contributed by atoms with van der Waals surface area (Å²) >= 11 is 0. The van der Waals surface area contributed by atoms with Crippen molar-refractivity contribution in [1.29, 1.82) is 0 Å². The number of hydrogen-bond donors (Lipinski definition) is 1. The summed E-state index contributed by atoms with van der Waals surface area (Å²) < 4.78 is 1.97. The van der Waals surface area contributed by atoms with E-state index in [-0.39, 0.29) is 11.9 Å². The van der Waals surface area contributed by atoms with Crippen molar-refractivity contribution < 1.29 is 4.79 Å². The van der Waals surface area contributed by atoms with Crippen LogP contribution in [0, 0.1) is 13.8 Å². The van der Waals surface area contributed by atoms with Crippen LogP contribution in [0.25, 0.3) is 0 Å². The Morgan fingerprint density at radius 1 is 1.21 bits per heavy atom. The maximum absolute atomic E-state index is 13.2. The molecule has 0 bridgehead atoms. The fourth-order valence-corrected chi connectivity index (χ4v) is 4.43. The molecule has 2 aromatic heterocycles. The number of nitrogens with one attached hydrogen (secondary N) is 1. The van der Waals surface area contributed by atoms with Gasteiger partial charge in [-0.1, -0.05) is 12.8 Å². The molecule has 0 aromatic carbocycles. The number of aromatic nitrogens is 4. The first kappa shape index (κ1) is 15.4. The Morgan fingerprint density at radius 2 is 2.00 bits per heavy atom. The van der Waals surface area contributed by atoms with E-state index < -0.39 is 0 Å². The zero-order valence-electron chi connectivity index (χ0n) is 14.5. The average Bonchev–Trinajstić information content (AvgIpc) is 3.34. The minimum Gasteiger partial charge on any atom is -0.330 e. The largest absolute Gasteiger partial charge is 0.330 e. The van der Waals surface area contributed by atoms with Crippen LogP contribution in [0.2, 0.25) is 0 Å². The van der Waals surface area contributed by atoms with Gasteiger partial charge in [-0.05, 0) is 45.6 Å². The van der Waals surface area contributed by atoms with Crippen molar-refractivity contribution in [2.75, 3.05) is 6.54 Å². The highest BCUT2D eigenvalue weighted by Crippen LogP contribution is 2.36. The highest BCUT2D eigenvalue weighted by Gasteiger charge is 2.35. The van der Waals surface area contributed by atoms with Gasteiger partial charge in [-0.25, -0.2) is 0 Å². The maximum Gasteiger partial charge on any atom is 0.272 e. The van der Waals surface area contributed by atoms with Crippen LogP contribution in [0.1, 0.15) is 78.0 Å². The van der Waals surface area contributed by atoms with E-state index in [1.54, 1.807) is 6.20 Å². The first-order chi connectivity index (χ1) is 11.7. The van der Waals surface area contributed by atoms with E-state index in [9.17, 15) is 4.79 Å². The lowest BCUT2D eigenvalue weighted by Crippen LogP contribution is -2.33. The molecular weight excluding hydrogens is 302 g/mol. The standard InChI is InChI=1S/C18H25N5O/c1-12-17(13(2)21-20-12)15-8-5-11-22(15)18(24)16-9-10-19-23(16)14-6-3-4-7-14/h9-10,14-15H,3-8,11H2,1-2H3,(H,20,21). The summed E-state index contributed by atoms with van der Waals surface area (Å²) in [6.07, 6.45) is 8.54. The highest BCUT2D eigenvalue weighted by molar-refractivity contribution is 5.93. The summed E-state index contributed by atoms with van der Waals surface area (Å²) in [6, 6.07) is 2.39. The molecule has 128 valence electrons. The normalized spacial score (nSPS) is 21.8. The summed E-state index contributed by atoms with van der Waals surface area (Å²) in [7, 11) is 0. The number of hydrogen-bond acceptors (Lipinski definition) is 3. The van der Waals surface area contributed by atoms with Crippen molar-refractivity contribution in [1.82, 2.24) is 24.9 Å². The molecule has 6 heteroatoms. The first-order valence-corrected chi connectivity index (χ1v) is 9.02. The van der Waals surface area contributed by atoms with Gasteiger partial charge >= 0.3 is 0 Å². The molecule has 0 radical (unpaired) electrons. The molecule has 1 amide bonds. The molecule has 2 aromatic rings. The SMILES string of the molecule is Cc1n[nH]c(C)c1C1CCCN1C(=O)c1ccnn1C1CCCC1. The molecule has 1 saturated carbocycles. The molecule has 6 nitrogen and oxygen atoms in total. The van der Waals surface area contributed by atoms with Crippen LogP contribution in [0.4, 0.5) is 0 Å². The van der Waals surface area contributed by atoms with Gasteiger partial charge in [0.25, 0.3) is 5.91 Å². The smallest absolute Gasteiger partial charge is 0.272 e. The molecule has 3 heterocycles. The molecule has 1 atom stereocenters. The van der Waals surface area contributed by atoms with Crippen molar-refractivity contribution in [2.24, 2.45) is 0 Å². The third-order valence-corrected chi connectivity index (χ3v) is 5.59. The predicted molar refractivity (Wildman–Crippen MR) is 90.8 cm³/mol. The monoisotopic (exact) mass is 327 g/mol. The van der Waals surface area contributed by atoms with Crippen molar-refractivity contribution in [3.05, 3.63) is 34.9 Å². The van der Waals surface area contributed by atoms with E-state index in [4.69, 9.17) is 0 Å². The second kappa shape index (κ2) is 6.07. The molecule has 24 heavy (non-hydrogen) atoms. The molecular formula is C18H25N5O. The van der Waals surface area contributed by atoms with Crippen molar-refractivity contribution >= 4 is 5.91 Å². The second-order valence-corrected chi connectivity index (χ2v) is 7.10. The third kappa shape index (κ3) is 2.44. The van der Waals surface area contributed by atoms with Crippen LogP contribution < -0.4 is 0 Å². The zero-order chi connectivity index (χ0) is 16.7. The summed E-state index contributed by atoms with van der Waals surface area (Å²) in [6.45, 7) is 4.87. The van der Waals surface area contributed by atoms with E-state index in [1.807, 2.05) is 29.5 Å². The van der Waals surface area contributed by atoms with Crippen LogP contribution in [0.3, 0.4) is 0 Å². The van der Waals surface area contributed by atoms with Gasteiger partial charge < -0.3 is 4.90 Å². The second-order valence-electron chi connectivity index (χ2n) is 7.10. The molecule has 1 aliphatic heterocycles. The van der Waals surface area contributed by atoms with Crippen LogP contribution in [-0.2, 0) is 0 Å². The Hall–Kier alpha value is -2.11. The molecule has 1 aliphatic carbocycles. The van der Waals surface area contributed by atoms with Gasteiger partial charge in [-0.3, -0.25) is 14.6 Å². The number of rotatable bonds is 3. The van der Waals surface area contributed by atoms with E-state index in [1.165, 1.54) is 18.4 Å². The lowest BCUT2D eigenvalue weighted by atomic mass is 10.0. The van der Waals surface area contributed by atoms with Gasteiger partial charge in [0, 0.05) is 24.0 Å². The predicted octanol–water partition coefficient (Wildman–Crippen LogP) is 3.32. The van der Waals surface area contributed by atoms with E-state index in [2.05, 4.69) is 15.3 Å². The minimum atomic E-state index is 0.113. The van der Waals surface area contributed by atoms with E-state index >= 15 is 0 Å². The first-order valence-electron chi connectivity index (χ1n) is 9.02. The molecule has 0 spiro atoms. The molecule has 2 fully saturated rings. The van der Waals surface area contributed by atoms with Crippen LogP contribution in [-0.4, -0.2) is 37.3 Å². The molecule has 4 rings (SSSR count). The van der Waals surface area contributed by atoms with Gasteiger partial charge in [0.1, 0.15) is 5.69 Å². The fourth-order valence-electron chi connectivity index (χ4n) is 4.43. The minimum absolute atomic E-state index is 0.113. The average molecular weight is 327 g/mol. The lowest BCUT2D eigenvalue weighted by Gasteiger charge is -2.26. The van der Waals surface area contributed by atoms with E-state index in [0.717, 1.165) is 49.3 Å². The van der Waals surface area contributed by atoms with Gasteiger partial charge in [0.05, 0.1) is 17.8 Å². The topological polar surface area (TPSA) is 66.8 Å². The van der Waals surface area contributed by atoms with Crippen LogP contribution in [0.15, 0.2) is 12.3 Å². The molecule has 1 N–H and O–H groups in total. The summed E-state index contributed by atoms with van der Waals surface area (Å²) in [5, 5.41) is 11.8. The van der Waals surface area contributed by atoms with E-state index in [0.29, 0.717) is 6.04 Å². The van der Waals surface area contributed by atoms with Crippen LogP contribution >= 0.6 is 0 Å². The maximum atomic E-state index is 13.2. The van der Waals surface area contributed by atoms with Crippen molar-refractivity contribution in [3.8, 4) is 0 Å². The zero-order valence-corrected chi connectivity index (χ0v) is 14.5. The number of carbonyl (C=O) groups is 1. The summed E-state index contributed by atoms with van der Waals surface area (Å²) in [5.74, 6) is 0.113. The lowest BCUT2D eigenvalue weighted by molar-refractivity contribution is 0.0719. The fraction of sp³-hybridized carbons (Fsp3) is 0.611. The Bertz CT molecular complexity index is 721. The van der Waals surface area contributed by atoms with Gasteiger partial charge in [-0.15, -0.1) is 0 Å². The van der Waals surface area contributed by atoms with Gasteiger partial charge in [0.15, 0.2) is 0 Å². The van der Waals surface area contributed by atoms with Crippen molar-refractivity contribution in [3.63, 3.8) is 0 Å². The van der Waals surface area contributed by atoms with Gasteiger partial charge in [-0.2, -0.15) is 10.2 Å². The highest BCUT2D eigenvalue weighted by atomic mass is 16.2. The summed E-state index contributed by atoms with van der Waals surface area (Å²) in [5.41, 5.74) is 4.00. The number of aromatic amines is 1. The Labute approximate surface area is 142 Å². The number of carbonyl (C=O) groups excluding carboxylic acids is 1. The number of H-pyrrole nitrogens is 1. The number of amides is 1. The molecule has 2 aliphatic rings. The summed E-state index contributed by atoms with van der Waals surface area (Å²) in [4.78, 5) is 15.3. The number of nitrogens with zero attached hydrogens (tertiary/aromatic N) is 4. The van der Waals surface area contributed by atoms with Gasteiger partial charge in [0.2, 0.25) is 0 Å². The quantitative estimate of drug-likeness (QED) is 0.940. The third-order valence-electron chi connectivity index (χ3n) is 5.59. The Morgan fingerprint density at radius 3 is 2.71 bits per heavy atom. The number of likely N-dealkylation sites (tertiary alicyclic amines) is 1. The van der Waals surface area contributed by atoms with Crippen LogP contribution in [0.5, 0.6) is 0 Å². The Kier molecular flexibility index (Phi) is 3.90. The van der Waals surface area contributed by atoms with Crippen molar-refractivity contribution in [2.45, 2.75) is 64.5 Å².